The van der Waals surface area contributed by atoms with E-state index in [9.17, 15) is 9.59 Å². The average Bonchev–Trinajstić information content (AvgIpc) is 2.72. The molecule has 0 radical (unpaired) electrons. The fourth-order valence-corrected chi connectivity index (χ4v) is 5.44. The molecule has 2 aliphatic rings. The Bertz CT molecular complexity index is 546. The molecule has 0 saturated heterocycles. The molecule has 0 N–H and O–H groups in total. The minimum Gasteiger partial charge on any atom is -0.411 e. The molecular weight excluding hydrogens is 320 g/mol. The van der Waals surface area contributed by atoms with E-state index >= 15 is 0 Å². The number of carbonyl (C=O) groups is 2. The first-order valence-corrected chi connectivity index (χ1v) is 11.9. The molecule has 0 unspecified atom stereocenters. The fourth-order valence-electron chi connectivity index (χ4n) is 4.19. The van der Waals surface area contributed by atoms with E-state index in [1.54, 1.807) is 0 Å². The van der Waals surface area contributed by atoms with Crippen LogP contribution in [-0.2, 0) is 18.8 Å². The number of hydrogen-bond donors (Lipinski definition) is 0. The third kappa shape index (κ3) is 3.67. The molecule has 0 aromatic carbocycles. The summed E-state index contributed by atoms with van der Waals surface area (Å²) in [5, 5.41) is 0. The van der Waals surface area contributed by atoms with Gasteiger partial charge in [0, 0.05) is 0 Å². The molecule has 24 heavy (non-hydrogen) atoms. The molecule has 0 bridgehead atoms. The molecule has 1 heterocycles. The molecule has 2 rings (SSSR count). The van der Waals surface area contributed by atoms with E-state index < -0.39 is 26.6 Å². The van der Waals surface area contributed by atoms with Crippen LogP contribution in [0.15, 0.2) is 11.1 Å². The summed E-state index contributed by atoms with van der Waals surface area (Å²) >= 11 is 0. The highest BCUT2D eigenvalue weighted by Crippen LogP contribution is 2.48. The summed E-state index contributed by atoms with van der Waals surface area (Å²) in [5.41, 5.74) is 0.688. The van der Waals surface area contributed by atoms with Gasteiger partial charge in [0.1, 0.15) is 0 Å². The van der Waals surface area contributed by atoms with Crippen LogP contribution in [0, 0.1) is 17.3 Å². The van der Waals surface area contributed by atoms with Gasteiger partial charge in [0.15, 0.2) is 9.04 Å². The molecule has 1 fully saturated rings. The van der Waals surface area contributed by atoms with E-state index in [0.29, 0.717) is 17.1 Å². The van der Waals surface area contributed by atoms with Crippen molar-refractivity contribution in [1.29, 1.82) is 0 Å². The smallest absolute Gasteiger partial charge is 0.345 e. The second-order valence-electron chi connectivity index (χ2n) is 8.92. The lowest BCUT2D eigenvalue weighted by molar-refractivity contribution is -0.152. The molecule has 4 nitrogen and oxygen atoms in total. The second-order valence-corrected chi connectivity index (χ2v) is 11.3. The predicted molar refractivity (Wildman–Crippen MR) is 97.1 cm³/mol. The molecule has 0 atom stereocenters. The van der Waals surface area contributed by atoms with Crippen LogP contribution in [-0.4, -0.2) is 26.6 Å². The largest absolute Gasteiger partial charge is 0.411 e. The molecular formula is C19H32O4Si. The molecule has 0 amide bonds. The fraction of sp³-hybridized carbons (Fsp3) is 0.789. The lowest BCUT2D eigenvalue weighted by atomic mass is 9.66. The van der Waals surface area contributed by atoms with Crippen LogP contribution in [0.1, 0.15) is 60.3 Å². The zero-order valence-corrected chi connectivity index (χ0v) is 17.3. The lowest BCUT2D eigenvalue weighted by Crippen LogP contribution is -2.46. The van der Waals surface area contributed by atoms with E-state index in [1.807, 2.05) is 13.8 Å². The summed E-state index contributed by atoms with van der Waals surface area (Å²) in [7, 11) is -1.39. The van der Waals surface area contributed by atoms with Gasteiger partial charge in [-0.25, -0.2) is 9.59 Å². The van der Waals surface area contributed by atoms with Crippen LogP contribution in [0.5, 0.6) is 0 Å². The van der Waals surface area contributed by atoms with Crippen molar-refractivity contribution in [1.82, 2.24) is 0 Å². The Balaban J connectivity index is 2.43. The average molecular weight is 353 g/mol. The number of esters is 2. The van der Waals surface area contributed by atoms with Gasteiger partial charge in [-0.1, -0.05) is 34.6 Å². The van der Waals surface area contributed by atoms with Gasteiger partial charge in [-0.2, -0.15) is 0 Å². The third-order valence-corrected chi connectivity index (χ3v) is 6.31. The van der Waals surface area contributed by atoms with E-state index in [-0.39, 0.29) is 11.3 Å². The number of hydrogen-bond acceptors (Lipinski definition) is 4. The SMILES string of the molecule is CC(C)C1=C([C@]2(O[SiH](C)C)CC[C@H](C(C)(C)C)CC2)C(=O)OC1=O. The summed E-state index contributed by atoms with van der Waals surface area (Å²) in [6, 6.07) is 0. The predicted octanol–water partition coefficient (Wildman–Crippen LogP) is 4.00. The first kappa shape index (κ1) is 19.4. The maximum Gasteiger partial charge on any atom is 0.345 e. The van der Waals surface area contributed by atoms with Gasteiger partial charge in [-0.15, -0.1) is 0 Å². The topological polar surface area (TPSA) is 52.6 Å². The van der Waals surface area contributed by atoms with Crippen molar-refractivity contribution in [3.63, 3.8) is 0 Å². The van der Waals surface area contributed by atoms with Crippen molar-refractivity contribution in [3.8, 4) is 0 Å². The number of ether oxygens (including phenoxy) is 1. The van der Waals surface area contributed by atoms with Gasteiger partial charge in [-0.3, -0.25) is 0 Å². The zero-order valence-electron chi connectivity index (χ0n) is 16.2. The van der Waals surface area contributed by atoms with Crippen molar-refractivity contribution in [2.75, 3.05) is 0 Å². The van der Waals surface area contributed by atoms with Gasteiger partial charge >= 0.3 is 11.9 Å². The van der Waals surface area contributed by atoms with E-state index in [4.69, 9.17) is 9.16 Å². The van der Waals surface area contributed by atoms with Gasteiger partial charge in [0.2, 0.25) is 0 Å². The van der Waals surface area contributed by atoms with Crippen LogP contribution in [0.2, 0.25) is 13.1 Å². The summed E-state index contributed by atoms with van der Waals surface area (Å²) in [6.45, 7) is 14.9. The van der Waals surface area contributed by atoms with Crippen LogP contribution in [0.4, 0.5) is 0 Å². The Kier molecular flexibility index (Phi) is 5.45. The highest BCUT2D eigenvalue weighted by atomic mass is 28.3. The molecule has 0 spiro atoms. The van der Waals surface area contributed by atoms with Gasteiger partial charge in [0.05, 0.1) is 16.7 Å². The highest BCUT2D eigenvalue weighted by Gasteiger charge is 2.51. The molecule has 0 aromatic rings. The van der Waals surface area contributed by atoms with Gasteiger partial charge < -0.3 is 9.16 Å². The van der Waals surface area contributed by atoms with Gasteiger partial charge in [0.25, 0.3) is 0 Å². The minimum atomic E-state index is -1.39. The Labute approximate surface area is 147 Å². The first-order chi connectivity index (χ1) is 11.0. The summed E-state index contributed by atoms with van der Waals surface area (Å²) in [5.74, 6) is -0.378. The van der Waals surface area contributed by atoms with E-state index in [2.05, 4.69) is 33.9 Å². The number of carbonyl (C=O) groups excluding carboxylic acids is 2. The van der Waals surface area contributed by atoms with Crippen LogP contribution in [0.25, 0.3) is 0 Å². The van der Waals surface area contributed by atoms with Crippen molar-refractivity contribution in [2.45, 2.75) is 79.0 Å². The highest BCUT2D eigenvalue weighted by molar-refractivity contribution is 6.48. The van der Waals surface area contributed by atoms with Crippen LogP contribution < -0.4 is 0 Å². The third-order valence-electron chi connectivity index (χ3n) is 5.39. The molecule has 1 saturated carbocycles. The molecule has 0 aromatic heterocycles. The zero-order chi connectivity index (χ0) is 18.3. The quantitative estimate of drug-likeness (QED) is 0.436. The Morgan fingerprint density at radius 1 is 1.12 bits per heavy atom. The van der Waals surface area contributed by atoms with E-state index in [0.717, 1.165) is 25.7 Å². The summed E-state index contributed by atoms with van der Waals surface area (Å²) in [6.07, 6.45) is 3.63. The van der Waals surface area contributed by atoms with Crippen molar-refractivity contribution in [3.05, 3.63) is 11.1 Å². The first-order valence-electron chi connectivity index (χ1n) is 9.17. The maximum absolute atomic E-state index is 12.5. The van der Waals surface area contributed by atoms with Crippen LogP contribution in [0.3, 0.4) is 0 Å². The Hall–Kier alpha value is -0.943. The molecule has 136 valence electrons. The van der Waals surface area contributed by atoms with Crippen molar-refractivity contribution >= 4 is 21.0 Å². The monoisotopic (exact) mass is 352 g/mol. The van der Waals surface area contributed by atoms with Gasteiger partial charge in [-0.05, 0) is 56.0 Å². The molecule has 1 aliphatic carbocycles. The lowest BCUT2D eigenvalue weighted by Gasteiger charge is -2.45. The van der Waals surface area contributed by atoms with Crippen molar-refractivity contribution in [2.24, 2.45) is 17.3 Å². The molecule has 1 aliphatic heterocycles. The van der Waals surface area contributed by atoms with Crippen molar-refractivity contribution < 1.29 is 18.8 Å². The summed E-state index contributed by atoms with van der Waals surface area (Å²) < 4.78 is 11.4. The number of rotatable bonds is 4. The Morgan fingerprint density at radius 3 is 2.08 bits per heavy atom. The summed E-state index contributed by atoms with van der Waals surface area (Å²) in [4.78, 5) is 24.7. The Morgan fingerprint density at radius 2 is 1.67 bits per heavy atom. The molecule has 5 heteroatoms. The van der Waals surface area contributed by atoms with E-state index in [1.165, 1.54) is 0 Å². The standard InChI is InChI=1S/C19H32O4Si/c1-12(2)14-15(17(21)22-16(14)20)19(23-24(6)7)10-8-13(9-11-19)18(3,4)5/h12-13,24H,8-11H2,1-7H3/t13-,19-. The second kappa shape index (κ2) is 6.75. The number of cyclic esters (lactones) is 2. The van der Waals surface area contributed by atoms with Crippen LogP contribution >= 0.6 is 0 Å². The normalized spacial score (nSPS) is 29.0. The maximum atomic E-state index is 12.5. The minimum absolute atomic E-state index is 0.0337.